The summed E-state index contributed by atoms with van der Waals surface area (Å²) in [4.78, 5) is 1.93. The second-order valence-electron chi connectivity index (χ2n) is 5.93. The standard InChI is InChI=1S/C15H23FN2O3S/c1-12(2)10-18-7-8-21-13(11-18)9-17-22(19,20)15-6-4-3-5-14(15)16/h3-6,12-13,17H,7-11H2,1-2H3. The van der Waals surface area contributed by atoms with E-state index >= 15 is 0 Å². The van der Waals surface area contributed by atoms with E-state index in [1.807, 2.05) is 0 Å². The van der Waals surface area contributed by atoms with Crippen molar-refractivity contribution in [3.05, 3.63) is 30.1 Å². The molecule has 1 saturated heterocycles. The van der Waals surface area contributed by atoms with Crippen LogP contribution in [-0.4, -0.2) is 52.2 Å². The Morgan fingerprint density at radius 3 is 2.82 bits per heavy atom. The van der Waals surface area contributed by atoms with Crippen LogP contribution in [0.25, 0.3) is 0 Å². The van der Waals surface area contributed by atoms with Crippen molar-refractivity contribution in [3.63, 3.8) is 0 Å². The minimum atomic E-state index is -3.85. The van der Waals surface area contributed by atoms with Gasteiger partial charge in [-0.2, -0.15) is 0 Å². The third kappa shape index (κ3) is 4.74. The predicted molar refractivity (Wildman–Crippen MR) is 82.6 cm³/mol. The van der Waals surface area contributed by atoms with Gasteiger partial charge in [-0.15, -0.1) is 0 Å². The molecule has 1 fully saturated rings. The zero-order valence-electron chi connectivity index (χ0n) is 13.0. The number of halogens is 1. The smallest absolute Gasteiger partial charge is 0.243 e. The average molecular weight is 330 g/mol. The van der Waals surface area contributed by atoms with Gasteiger partial charge in [0.15, 0.2) is 0 Å². The molecule has 1 unspecified atom stereocenters. The highest BCUT2D eigenvalue weighted by atomic mass is 32.2. The molecule has 0 bridgehead atoms. The van der Waals surface area contributed by atoms with Crippen molar-refractivity contribution in [2.75, 3.05) is 32.8 Å². The van der Waals surface area contributed by atoms with Gasteiger partial charge < -0.3 is 4.74 Å². The first-order valence-corrected chi connectivity index (χ1v) is 8.95. The Hall–Kier alpha value is -1.02. The van der Waals surface area contributed by atoms with Crippen LogP contribution in [0.3, 0.4) is 0 Å². The first-order chi connectivity index (χ1) is 10.4. The van der Waals surface area contributed by atoms with Crippen molar-refractivity contribution in [1.82, 2.24) is 9.62 Å². The van der Waals surface area contributed by atoms with Crippen LogP contribution in [0.2, 0.25) is 0 Å². The first-order valence-electron chi connectivity index (χ1n) is 7.46. The minimum absolute atomic E-state index is 0.144. The highest BCUT2D eigenvalue weighted by Crippen LogP contribution is 2.14. The van der Waals surface area contributed by atoms with Gasteiger partial charge in [0.25, 0.3) is 0 Å². The van der Waals surface area contributed by atoms with Gasteiger partial charge in [-0.3, -0.25) is 4.90 Å². The minimum Gasteiger partial charge on any atom is -0.374 e. The van der Waals surface area contributed by atoms with Gasteiger partial charge in [0, 0.05) is 26.2 Å². The van der Waals surface area contributed by atoms with Gasteiger partial charge in [-0.05, 0) is 18.1 Å². The summed E-state index contributed by atoms with van der Waals surface area (Å²) in [6.07, 6.45) is -0.214. The van der Waals surface area contributed by atoms with Crippen molar-refractivity contribution in [2.45, 2.75) is 24.8 Å². The zero-order valence-corrected chi connectivity index (χ0v) is 13.8. The number of nitrogens with zero attached hydrogens (tertiary/aromatic N) is 1. The normalized spacial score (nSPS) is 20.5. The molecule has 0 spiro atoms. The van der Waals surface area contributed by atoms with Crippen LogP contribution >= 0.6 is 0 Å². The molecule has 7 heteroatoms. The molecule has 1 heterocycles. The lowest BCUT2D eigenvalue weighted by Crippen LogP contribution is -2.48. The second-order valence-corrected chi connectivity index (χ2v) is 7.66. The van der Waals surface area contributed by atoms with E-state index in [9.17, 15) is 12.8 Å². The molecule has 1 aliphatic rings. The third-order valence-electron chi connectivity index (χ3n) is 3.47. The molecular weight excluding hydrogens is 307 g/mol. The molecular formula is C15H23FN2O3S. The number of nitrogens with one attached hydrogen (secondary N) is 1. The van der Waals surface area contributed by atoms with E-state index in [1.54, 1.807) is 0 Å². The van der Waals surface area contributed by atoms with Crippen LogP contribution in [0.4, 0.5) is 4.39 Å². The lowest BCUT2D eigenvalue weighted by Gasteiger charge is -2.33. The lowest BCUT2D eigenvalue weighted by molar-refractivity contribution is -0.0280. The van der Waals surface area contributed by atoms with Crippen LogP contribution < -0.4 is 4.72 Å². The molecule has 1 atom stereocenters. The van der Waals surface area contributed by atoms with Gasteiger partial charge in [-0.25, -0.2) is 17.5 Å². The molecule has 0 radical (unpaired) electrons. The van der Waals surface area contributed by atoms with Gasteiger partial charge in [0.05, 0.1) is 12.7 Å². The summed E-state index contributed by atoms with van der Waals surface area (Å²) >= 11 is 0. The number of sulfonamides is 1. The molecule has 1 aromatic rings. The van der Waals surface area contributed by atoms with Crippen LogP contribution in [0, 0.1) is 11.7 Å². The Bertz CT molecular complexity index is 592. The van der Waals surface area contributed by atoms with Gasteiger partial charge >= 0.3 is 0 Å². The maximum atomic E-state index is 13.6. The van der Waals surface area contributed by atoms with E-state index in [0.717, 1.165) is 19.2 Å². The van der Waals surface area contributed by atoms with Crippen LogP contribution in [0.1, 0.15) is 13.8 Å². The molecule has 5 nitrogen and oxygen atoms in total. The van der Waals surface area contributed by atoms with Crippen LogP contribution in [0.5, 0.6) is 0 Å². The summed E-state index contributed by atoms with van der Waals surface area (Å²) in [5, 5.41) is 0. The van der Waals surface area contributed by atoms with E-state index in [1.165, 1.54) is 18.2 Å². The fourth-order valence-electron chi connectivity index (χ4n) is 2.53. The summed E-state index contributed by atoms with van der Waals surface area (Å²) in [5.41, 5.74) is 0. The maximum Gasteiger partial charge on any atom is 0.243 e. The van der Waals surface area contributed by atoms with E-state index in [4.69, 9.17) is 4.74 Å². The molecule has 124 valence electrons. The van der Waals surface area contributed by atoms with Crippen molar-refractivity contribution in [2.24, 2.45) is 5.92 Å². The number of benzene rings is 1. The number of hydrogen-bond acceptors (Lipinski definition) is 4. The Kier molecular flexibility index (Phi) is 5.91. The van der Waals surface area contributed by atoms with Gasteiger partial charge in [-0.1, -0.05) is 26.0 Å². The van der Waals surface area contributed by atoms with Gasteiger partial charge in [0.2, 0.25) is 10.0 Å². The molecule has 0 amide bonds. The van der Waals surface area contributed by atoms with Gasteiger partial charge in [0.1, 0.15) is 10.7 Å². The fraction of sp³-hybridized carbons (Fsp3) is 0.600. The second kappa shape index (κ2) is 7.50. The Morgan fingerprint density at radius 2 is 2.14 bits per heavy atom. The number of ether oxygens (including phenoxy) is 1. The van der Waals surface area contributed by atoms with E-state index < -0.39 is 15.8 Å². The Labute approximate surface area is 131 Å². The van der Waals surface area contributed by atoms with Crippen molar-refractivity contribution in [1.29, 1.82) is 0 Å². The third-order valence-corrected chi connectivity index (χ3v) is 4.93. The highest BCUT2D eigenvalue weighted by Gasteiger charge is 2.24. The molecule has 1 aliphatic heterocycles. The van der Waals surface area contributed by atoms with Crippen LogP contribution in [0.15, 0.2) is 29.2 Å². The zero-order chi connectivity index (χ0) is 16.2. The number of rotatable bonds is 6. The SMILES string of the molecule is CC(C)CN1CCOC(CNS(=O)(=O)c2ccccc2F)C1. The lowest BCUT2D eigenvalue weighted by atomic mass is 10.2. The number of morpholine rings is 1. The predicted octanol–water partition coefficient (Wildman–Crippen LogP) is 1.46. The summed E-state index contributed by atoms with van der Waals surface area (Å²) in [6.45, 7) is 7.51. The molecule has 22 heavy (non-hydrogen) atoms. The van der Waals surface area contributed by atoms with E-state index in [2.05, 4.69) is 23.5 Å². The summed E-state index contributed by atoms with van der Waals surface area (Å²) in [5.74, 6) is -0.199. The van der Waals surface area contributed by atoms with E-state index in [-0.39, 0.29) is 17.5 Å². The molecule has 0 saturated carbocycles. The summed E-state index contributed by atoms with van der Waals surface area (Å²) < 4.78 is 45.9. The highest BCUT2D eigenvalue weighted by molar-refractivity contribution is 7.89. The Balaban J connectivity index is 1.93. The molecule has 1 N–H and O–H groups in total. The maximum absolute atomic E-state index is 13.6. The van der Waals surface area contributed by atoms with E-state index in [0.29, 0.717) is 19.1 Å². The molecule has 1 aromatic carbocycles. The summed E-state index contributed by atoms with van der Waals surface area (Å²) in [6, 6.07) is 5.35. The van der Waals surface area contributed by atoms with Crippen LogP contribution in [-0.2, 0) is 14.8 Å². The molecule has 0 aliphatic carbocycles. The van der Waals surface area contributed by atoms with Crippen molar-refractivity contribution < 1.29 is 17.5 Å². The monoisotopic (exact) mass is 330 g/mol. The number of hydrogen-bond donors (Lipinski definition) is 1. The topological polar surface area (TPSA) is 58.6 Å². The van der Waals surface area contributed by atoms with Crippen molar-refractivity contribution in [3.8, 4) is 0 Å². The largest absolute Gasteiger partial charge is 0.374 e. The Morgan fingerprint density at radius 1 is 1.41 bits per heavy atom. The fourth-order valence-corrected chi connectivity index (χ4v) is 3.67. The average Bonchev–Trinajstić information content (AvgIpc) is 2.45. The summed E-state index contributed by atoms with van der Waals surface area (Å²) in [7, 11) is -3.85. The molecule has 0 aromatic heterocycles. The first kappa shape index (κ1) is 17.3. The quantitative estimate of drug-likeness (QED) is 0.858. The molecule has 2 rings (SSSR count). The van der Waals surface area contributed by atoms with Crippen molar-refractivity contribution >= 4 is 10.0 Å².